The maximum Gasteiger partial charge on any atom is 0.262 e. The molecular weight excluding hydrogens is 264 g/mol. The number of hydrogen-bond acceptors (Lipinski definition) is 4. The number of nitrogens with zero attached hydrogens (tertiary/aromatic N) is 3. The highest BCUT2D eigenvalue weighted by molar-refractivity contribution is 6.06. The Balaban J connectivity index is 2.22. The van der Waals surface area contributed by atoms with Gasteiger partial charge in [-0.15, -0.1) is 0 Å². The van der Waals surface area contributed by atoms with Crippen molar-refractivity contribution in [3.8, 4) is 6.07 Å². The van der Waals surface area contributed by atoms with Gasteiger partial charge in [0.1, 0.15) is 11.8 Å². The van der Waals surface area contributed by atoms with Crippen LogP contribution in [0.3, 0.4) is 0 Å². The van der Waals surface area contributed by atoms with Crippen molar-refractivity contribution in [1.82, 2.24) is 9.55 Å². The number of nitrogen functional groups attached to an aromatic ring is 1. The van der Waals surface area contributed by atoms with Gasteiger partial charge in [-0.3, -0.25) is 9.36 Å². The van der Waals surface area contributed by atoms with Crippen LogP contribution in [0.5, 0.6) is 0 Å². The molecule has 5 nitrogen and oxygen atoms in total. The molecule has 0 saturated carbocycles. The second-order valence-corrected chi connectivity index (χ2v) is 4.75. The molecule has 0 aliphatic rings. The average molecular weight is 276 g/mol. The fourth-order valence-electron chi connectivity index (χ4n) is 2.44. The van der Waals surface area contributed by atoms with Crippen LogP contribution in [0.25, 0.3) is 10.9 Å². The summed E-state index contributed by atoms with van der Waals surface area (Å²) in [7, 11) is 0. The fraction of sp³-hybridized carbons (Fsp3) is 0.0625. The van der Waals surface area contributed by atoms with E-state index < -0.39 is 0 Å². The summed E-state index contributed by atoms with van der Waals surface area (Å²) in [6.45, 7) is 1.85. The molecule has 3 aromatic rings. The Morgan fingerprint density at radius 2 is 2.14 bits per heavy atom. The van der Waals surface area contributed by atoms with Gasteiger partial charge >= 0.3 is 0 Å². The third-order valence-electron chi connectivity index (χ3n) is 3.36. The van der Waals surface area contributed by atoms with Crippen LogP contribution in [0.1, 0.15) is 21.7 Å². The highest BCUT2D eigenvalue weighted by atomic mass is 16.2. The number of benzene rings is 1. The number of hydrogen-bond donors (Lipinski definition) is 1. The van der Waals surface area contributed by atoms with E-state index in [1.807, 2.05) is 31.2 Å². The normalized spacial score (nSPS) is 10.5. The molecule has 0 fully saturated rings. The van der Waals surface area contributed by atoms with Gasteiger partial charge in [-0.25, -0.2) is 4.98 Å². The van der Waals surface area contributed by atoms with Crippen LogP contribution < -0.4 is 5.73 Å². The molecule has 0 aliphatic heterocycles. The second-order valence-electron chi connectivity index (χ2n) is 4.75. The van der Waals surface area contributed by atoms with Crippen LogP contribution in [0.4, 0.5) is 5.69 Å². The monoisotopic (exact) mass is 276 g/mol. The molecular formula is C16H12N4O. The van der Waals surface area contributed by atoms with Gasteiger partial charge in [0.2, 0.25) is 0 Å². The maximum absolute atomic E-state index is 12.7. The van der Waals surface area contributed by atoms with Crippen LogP contribution in [0.2, 0.25) is 0 Å². The second kappa shape index (κ2) is 4.76. The molecule has 102 valence electrons. The number of nitriles is 1. The molecule has 3 rings (SSSR count). The van der Waals surface area contributed by atoms with E-state index >= 15 is 0 Å². The van der Waals surface area contributed by atoms with E-state index in [1.54, 1.807) is 16.7 Å². The van der Waals surface area contributed by atoms with E-state index in [0.29, 0.717) is 16.8 Å². The van der Waals surface area contributed by atoms with Crippen LogP contribution in [-0.2, 0) is 0 Å². The Bertz CT molecular complexity index is 902. The first-order valence-electron chi connectivity index (χ1n) is 6.39. The first-order valence-corrected chi connectivity index (χ1v) is 6.39. The molecule has 21 heavy (non-hydrogen) atoms. The molecule has 2 heterocycles. The molecule has 0 unspecified atom stereocenters. The molecule has 0 spiro atoms. The number of nitrogens with two attached hydrogens (primary N) is 1. The first kappa shape index (κ1) is 12.9. The summed E-state index contributed by atoms with van der Waals surface area (Å²) in [6.07, 6.45) is 1.45. The number of aromatic nitrogens is 2. The van der Waals surface area contributed by atoms with Gasteiger partial charge in [-0.2, -0.15) is 5.26 Å². The lowest BCUT2D eigenvalue weighted by molar-refractivity contribution is 0.0963. The van der Waals surface area contributed by atoms with E-state index in [0.717, 1.165) is 11.1 Å². The van der Waals surface area contributed by atoms with Gasteiger partial charge in [0, 0.05) is 22.8 Å². The van der Waals surface area contributed by atoms with Crippen molar-refractivity contribution < 1.29 is 4.79 Å². The van der Waals surface area contributed by atoms with Crippen molar-refractivity contribution in [2.45, 2.75) is 6.92 Å². The number of para-hydroxylation sites is 1. The summed E-state index contributed by atoms with van der Waals surface area (Å²) in [4.78, 5) is 16.6. The van der Waals surface area contributed by atoms with Gasteiger partial charge in [0.25, 0.3) is 5.91 Å². The number of carbonyl (C=O) groups excluding carboxylic acids is 1. The van der Waals surface area contributed by atoms with Crippen LogP contribution >= 0.6 is 0 Å². The van der Waals surface area contributed by atoms with Gasteiger partial charge in [0.15, 0.2) is 0 Å². The molecule has 0 radical (unpaired) electrons. The van der Waals surface area contributed by atoms with E-state index in [-0.39, 0.29) is 11.6 Å². The minimum Gasteiger partial charge on any atom is -0.397 e. The molecule has 0 bridgehead atoms. The number of fused-ring (bicyclic) bond motifs is 1. The van der Waals surface area contributed by atoms with Crippen molar-refractivity contribution in [3.63, 3.8) is 0 Å². The SMILES string of the molecule is Cc1cc2cccc(N)c2n1C(=O)c1ccnc(C#N)c1. The highest BCUT2D eigenvalue weighted by Gasteiger charge is 2.16. The molecule has 0 atom stereocenters. The fourth-order valence-corrected chi connectivity index (χ4v) is 2.44. The van der Waals surface area contributed by atoms with Gasteiger partial charge < -0.3 is 5.73 Å². The summed E-state index contributed by atoms with van der Waals surface area (Å²) < 4.78 is 1.57. The standard InChI is InChI=1S/C16H12N4O/c1-10-7-11-3-2-4-14(18)15(11)20(10)16(21)12-5-6-19-13(8-12)9-17/h2-8H,18H2,1H3. The topological polar surface area (TPSA) is 84.7 Å². The first-order chi connectivity index (χ1) is 10.1. The number of pyridine rings is 1. The lowest BCUT2D eigenvalue weighted by Gasteiger charge is -2.08. The lowest BCUT2D eigenvalue weighted by Crippen LogP contribution is -2.14. The molecule has 5 heteroatoms. The molecule has 0 saturated heterocycles. The summed E-state index contributed by atoms with van der Waals surface area (Å²) in [6, 6.07) is 12.4. The summed E-state index contributed by atoms with van der Waals surface area (Å²) >= 11 is 0. The summed E-state index contributed by atoms with van der Waals surface area (Å²) in [5.74, 6) is -0.223. The number of carbonyl (C=O) groups is 1. The minimum absolute atomic E-state index is 0.211. The van der Waals surface area contributed by atoms with Crippen molar-refractivity contribution >= 4 is 22.5 Å². The number of rotatable bonds is 1. The average Bonchev–Trinajstić information content (AvgIpc) is 2.84. The van der Waals surface area contributed by atoms with Crippen LogP contribution in [-0.4, -0.2) is 15.5 Å². The van der Waals surface area contributed by atoms with Crippen molar-refractivity contribution in [1.29, 1.82) is 5.26 Å². The molecule has 1 aromatic carbocycles. The summed E-state index contributed by atoms with van der Waals surface area (Å²) in [5, 5.41) is 9.81. The zero-order chi connectivity index (χ0) is 15.0. The van der Waals surface area contributed by atoms with Crippen molar-refractivity contribution in [3.05, 3.63) is 59.5 Å². The Labute approximate surface area is 121 Å². The maximum atomic E-state index is 12.7. The summed E-state index contributed by atoms with van der Waals surface area (Å²) in [5.41, 5.74) is 8.65. The smallest absolute Gasteiger partial charge is 0.262 e. The van der Waals surface area contributed by atoms with E-state index in [9.17, 15) is 4.79 Å². The van der Waals surface area contributed by atoms with E-state index in [4.69, 9.17) is 11.0 Å². The van der Waals surface area contributed by atoms with Crippen molar-refractivity contribution in [2.24, 2.45) is 0 Å². The predicted molar refractivity (Wildman–Crippen MR) is 79.8 cm³/mol. The van der Waals surface area contributed by atoms with Crippen molar-refractivity contribution in [2.75, 3.05) is 5.73 Å². The zero-order valence-electron chi connectivity index (χ0n) is 11.4. The Hall–Kier alpha value is -3.13. The molecule has 0 aliphatic carbocycles. The Morgan fingerprint density at radius 3 is 2.90 bits per heavy atom. The predicted octanol–water partition coefficient (Wildman–Crippen LogP) is 2.49. The van der Waals surface area contributed by atoms with E-state index in [1.165, 1.54) is 12.3 Å². The van der Waals surface area contributed by atoms with Crippen LogP contribution in [0, 0.1) is 18.3 Å². The number of aryl methyl sites for hydroxylation is 1. The Kier molecular flexibility index (Phi) is 2.92. The van der Waals surface area contributed by atoms with Gasteiger partial charge in [0.05, 0.1) is 11.2 Å². The quantitative estimate of drug-likeness (QED) is 0.692. The van der Waals surface area contributed by atoms with Gasteiger partial charge in [-0.05, 0) is 31.2 Å². The number of anilines is 1. The lowest BCUT2D eigenvalue weighted by atomic mass is 10.2. The molecule has 0 amide bonds. The largest absolute Gasteiger partial charge is 0.397 e. The highest BCUT2D eigenvalue weighted by Crippen LogP contribution is 2.25. The molecule has 2 N–H and O–H groups in total. The Morgan fingerprint density at radius 1 is 1.33 bits per heavy atom. The zero-order valence-corrected chi connectivity index (χ0v) is 11.4. The third kappa shape index (κ3) is 2.03. The molecule has 2 aromatic heterocycles. The van der Waals surface area contributed by atoms with Gasteiger partial charge in [-0.1, -0.05) is 12.1 Å². The van der Waals surface area contributed by atoms with E-state index in [2.05, 4.69) is 4.98 Å². The minimum atomic E-state index is -0.223. The van der Waals surface area contributed by atoms with Crippen LogP contribution in [0.15, 0.2) is 42.6 Å². The third-order valence-corrected chi connectivity index (χ3v) is 3.36.